The summed E-state index contributed by atoms with van der Waals surface area (Å²) in [5.41, 5.74) is 0. The van der Waals surface area contributed by atoms with Crippen LogP contribution in [0.4, 0.5) is 11.6 Å². The highest BCUT2D eigenvalue weighted by molar-refractivity contribution is 6.37. The van der Waals surface area contributed by atoms with Crippen LogP contribution in [0.25, 0.3) is 0 Å². The van der Waals surface area contributed by atoms with Gasteiger partial charge in [0, 0.05) is 13.1 Å². The quantitative estimate of drug-likeness (QED) is 0.756. The third kappa shape index (κ3) is 4.44. The third-order valence-corrected chi connectivity index (χ3v) is 2.95. The molecule has 1 amide bonds. The highest BCUT2D eigenvalue weighted by Gasteiger charge is 2.15. The van der Waals surface area contributed by atoms with Gasteiger partial charge in [-0.1, -0.05) is 23.2 Å². The lowest BCUT2D eigenvalue weighted by Gasteiger charge is -2.16. The average Bonchev–Trinajstić information content (AvgIpc) is 2.35. The molecule has 106 valence electrons. The van der Waals surface area contributed by atoms with E-state index < -0.39 is 6.04 Å². The highest BCUT2D eigenvalue weighted by Crippen LogP contribution is 2.29. The van der Waals surface area contributed by atoms with E-state index in [1.807, 2.05) is 13.8 Å². The van der Waals surface area contributed by atoms with Crippen LogP contribution in [-0.2, 0) is 4.79 Å². The number of likely N-dealkylation sites (N-methyl/N-ethyl adjacent to an activating group) is 1. The molecule has 1 unspecified atom stereocenters. The van der Waals surface area contributed by atoms with Crippen molar-refractivity contribution in [1.29, 1.82) is 0 Å². The summed E-state index contributed by atoms with van der Waals surface area (Å²) in [7, 11) is 0. The van der Waals surface area contributed by atoms with Crippen molar-refractivity contribution in [1.82, 2.24) is 10.3 Å². The number of rotatable bonds is 6. The standard InChI is InChI=1S/C12H18Cl2N4O/c1-4-15-10-8(13)6-9(14)11(18-10)17-7(3)12(19)16-5-2/h6-7H,4-5H2,1-3H3,(H,16,19)(H2,15,17,18). The molecule has 0 bridgehead atoms. The lowest BCUT2D eigenvalue weighted by atomic mass is 10.3. The van der Waals surface area contributed by atoms with Gasteiger partial charge >= 0.3 is 0 Å². The maximum absolute atomic E-state index is 11.7. The number of aromatic nitrogens is 1. The summed E-state index contributed by atoms with van der Waals surface area (Å²) in [6.45, 7) is 6.82. The molecule has 0 fully saturated rings. The molecule has 0 aliphatic rings. The summed E-state index contributed by atoms with van der Waals surface area (Å²) in [5.74, 6) is 0.861. The summed E-state index contributed by atoms with van der Waals surface area (Å²) in [6, 6.07) is 1.17. The van der Waals surface area contributed by atoms with Crippen LogP contribution in [0.1, 0.15) is 20.8 Å². The molecule has 1 atom stereocenters. The van der Waals surface area contributed by atoms with E-state index in [1.165, 1.54) is 0 Å². The zero-order chi connectivity index (χ0) is 14.4. The molecule has 7 heteroatoms. The Kier molecular flexibility index (Phi) is 6.18. The Balaban J connectivity index is 2.88. The lowest BCUT2D eigenvalue weighted by molar-refractivity contribution is -0.121. The molecule has 5 nitrogen and oxygen atoms in total. The van der Waals surface area contributed by atoms with Crippen LogP contribution >= 0.6 is 23.2 Å². The zero-order valence-electron chi connectivity index (χ0n) is 11.2. The Morgan fingerprint density at radius 1 is 1.26 bits per heavy atom. The van der Waals surface area contributed by atoms with E-state index in [9.17, 15) is 4.79 Å². The van der Waals surface area contributed by atoms with Gasteiger partial charge in [0.05, 0.1) is 10.0 Å². The summed E-state index contributed by atoms with van der Waals surface area (Å²) in [4.78, 5) is 15.9. The fraction of sp³-hybridized carbons (Fsp3) is 0.500. The normalized spacial score (nSPS) is 11.8. The Morgan fingerprint density at radius 2 is 1.89 bits per heavy atom. The first kappa shape index (κ1) is 15.9. The van der Waals surface area contributed by atoms with Gasteiger partial charge in [0.1, 0.15) is 17.7 Å². The Bertz CT molecular complexity index is 454. The van der Waals surface area contributed by atoms with Gasteiger partial charge in [-0.3, -0.25) is 4.79 Å². The van der Waals surface area contributed by atoms with Gasteiger partial charge in [-0.25, -0.2) is 4.98 Å². The topological polar surface area (TPSA) is 66.0 Å². The predicted octanol–water partition coefficient (Wildman–Crippen LogP) is 2.76. The molecule has 0 aliphatic heterocycles. The molecular weight excluding hydrogens is 287 g/mol. The number of carbonyl (C=O) groups is 1. The molecule has 0 radical (unpaired) electrons. The van der Waals surface area contributed by atoms with E-state index in [0.717, 1.165) is 0 Å². The van der Waals surface area contributed by atoms with Gasteiger partial charge in [-0.05, 0) is 26.8 Å². The van der Waals surface area contributed by atoms with Gasteiger partial charge < -0.3 is 16.0 Å². The molecular formula is C12H18Cl2N4O. The van der Waals surface area contributed by atoms with Gasteiger partial charge in [-0.15, -0.1) is 0 Å². The largest absolute Gasteiger partial charge is 0.369 e. The van der Waals surface area contributed by atoms with Gasteiger partial charge in [0.15, 0.2) is 0 Å². The number of hydrogen-bond acceptors (Lipinski definition) is 4. The van der Waals surface area contributed by atoms with Crippen molar-refractivity contribution in [2.24, 2.45) is 0 Å². The Labute approximate surface area is 123 Å². The maximum atomic E-state index is 11.7. The number of nitrogens with zero attached hydrogens (tertiary/aromatic N) is 1. The SMILES string of the molecule is CCNC(=O)C(C)Nc1nc(NCC)c(Cl)cc1Cl. The fourth-order valence-corrected chi connectivity index (χ4v) is 1.94. The molecule has 0 aliphatic carbocycles. The molecule has 0 aromatic carbocycles. The van der Waals surface area contributed by atoms with Crippen molar-refractivity contribution in [2.75, 3.05) is 23.7 Å². The molecule has 0 saturated carbocycles. The minimum atomic E-state index is -0.430. The van der Waals surface area contributed by atoms with Crippen LogP contribution < -0.4 is 16.0 Å². The van der Waals surface area contributed by atoms with E-state index in [0.29, 0.717) is 34.8 Å². The second kappa shape index (κ2) is 7.40. The van der Waals surface area contributed by atoms with Crippen molar-refractivity contribution in [3.63, 3.8) is 0 Å². The minimum Gasteiger partial charge on any atom is -0.369 e. The van der Waals surface area contributed by atoms with E-state index in [1.54, 1.807) is 13.0 Å². The van der Waals surface area contributed by atoms with Crippen molar-refractivity contribution in [3.05, 3.63) is 16.1 Å². The van der Waals surface area contributed by atoms with Crippen LogP contribution in [0.5, 0.6) is 0 Å². The number of amides is 1. The number of pyridine rings is 1. The maximum Gasteiger partial charge on any atom is 0.242 e. The van der Waals surface area contributed by atoms with E-state index >= 15 is 0 Å². The van der Waals surface area contributed by atoms with Crippen LogP contribution in [-0.4, -0.2) is 30.0 Å². The van der Waals surface area contributed by atoms with Crippen molar-refractivity contribution >= 4 is 40.7 Å². The Morgan fingerprint density at radius 3 is 2.47 bits per heavy atom. The fourth-order valence-electron chi connectivity index (χ4n) is 1.46. The minimum absolute atomic E-state index is 0.111. The molecule has 0 spiro atoms. The Hall–Kier alpha value is -1.20. The first-order chi connectivity index (χ1) is 8.99. The van der Waals surface area contributed by atoms with E-state index in [4.69, 9.17) is 23.2 Å². The number of anilines is 2. The molecule has 1 rings (SSSR count). The van der Waals surface area contributed by atoms with E-state index in [2.05, 4.69) is 20.9 Å². The van der Waals surface area contributed by atoms with Crippen LogP contribution in [0.15, 0.2) is 6.07 Å². The second-order valence-corrected chi connectivity index (χ2v) is 4.75. The van der Waals surface area contributed by atoms with Crippen LogP contribution in [0.3, 0.4) is 0 Å². The van der Waals surface area contributed by atoms with Gasteiger partial charge in [0.25, 0.3) is 0 Å². The predicted molar refractivity (Wildman–Crippen MR) is 80.2 cm³/mol. The van der Waals surface area contributed by atoms with Crippen LogP contribution in [0, 0.1) is 0 Å². The van der Waals surface area contributed by atoms with Gasteiger partial charge in [0.2, 0.25) is 5.91 Å². The monoisotopic (exact) mass is 304 g/mol. The first-order valence-corrected chi connectivity index (χ1v) is 6.89. The summed E-state index contributed by atoms with van der Waals surface area (Å²) >= 11 is 12.1. The molecule has 1 aromatic heterocycles. The average molecular weight is 305 g/mol. The van der Waals surface area contributed by atoms with Gasteiger partial charge in [-0.2, -0.15) is 0 Å². The molecule has 1 heterocycles. The van der Waals surface area contributed by atoms with Crippen molar-refractivity contribution in [2.45, 2.75) is 26.8 Å². The van der Waals surface area contributed by atoms with Crippen molar-refractivity contribution in [3.8, 4) is 0 Å². The van der Waals surface area contributed by atoms with Crippen LogP contribution in [0.2, 0.25) is 10.0 Å². The summed E-state index contributed by atoms with van der Waals surface area (Å²) < 4.78 is 0. The van der Waals surface area contributed by atoms with E-state index in [-0.39, 0.29) is 5.91 Å². The lowest BCUT2D eigenvalue weighted by Crippen LogP contribution is -2.37. The second-order valence-electron chi connectivity index (χ2n) is 3.94. The van der Waals surface area contributed by atoms with Crippen molar-refractivity contribution < 1.29 is 4.79 Å². The number of hydrogen-bond donors (Lipinski definition) is 3. The number of nitrogens with one attached hydrogen (secondary N) is 3. The third-order valence-electron chi connectivity index (χ3n) is 2.37. The molecule has 19 heavy (non-hydrogen) atoms. The molecule has 1 aromatic rings. The summed E-state index contributed by atoms with van der Waals surface area (Å²) in [5, 5.41) is 9.54. The smallest absolute Gasteiger partial charge is 0.242 e. The summed E-state index contributed by atoms with van der Waals surface area (Å²) in [6.07, 6.45) is 0. The highest BCUT2D eigenvalue weighted by atomic mass is 35.5. The number of halogens is 2. The molecule has 3 N–H and O–H groups in total. The first-order valence-electron chi connectivity index (χ1n) is 6.13. The number of carbonyl (C=O) groups excluding carboxylic acids is 1. The molecule has 0 saturated heterocycles. The zero-order valence-corrected chi connectivity index (χ0v) is 12.7.